The molecule has 0 radical (unpaired) electrons. The minimum atomic E-state index is 0.903. The van der Waals surface area contributed by atoms with E-state index < -0.39 is 0 Å². The highest BCUT2D eigenvalue weighted by Crippen LogP contribution is 2.48. The molecular formula is C14H21N3. The molecule has 3 rings (SSSR count). The third kappa shape index (κ3) is 2.24. The van der Waals surface area contributed by atoms with Crippen LogP contribution in [0.1, 0.15) is 25.7 Å². The second-order valence-corrected chi connectivity index (χ2v) is 5.50. The summed E-state index contributed by atoms with van der Waals surface area (Å²) < 4.78 is 0. The molecule has 2 fully saturated rings. The highest BCUT2D eigenvalue weighted by molar-refractivity contribution is 5.51. The lowest BCUT2D eigenvalue weighted by Gasteiger charge is -2.22. The van der Waals surface area contributed by atoms with Crippen molar-refractivity contribution < 1.29 is 0 Å². The average molecular weight is 231 g/mol. The lowest BCUT2D eigenvalue weighted by Crippen LogP contribution is -2.20. The number of hydrogen-bond donors (Lipinski definition) is 2. The number of rotatable bonds is 4. The van der Waals surface area contributed by atoms with Gasteiger partial charge in [0.15, 0.2) is 0 Å². The second-order valence-electron chi connectivity index (χ2n) is 5.50. The van der Waals surface area contributed by atoms with Gasteiger partial charge in [0.05, 0.1) is 0 Å². The first kappa shape index (κ1) is 10.9. The van der Waals surface area contributed by atoms with Gasteiger partial charge in [-0.15, -0.1) is 0 Å². The third-order valence-corrected chi connectivity index (χ3v) is 4.47. The van der Waals surface area contributed by atoms with Crippen LogP contribution < -0.4 is 10.6 Å². The van der Waals surface area contributed by atoms with Gasteiger partial charge < -0.3 is 10.6 Å². The molecule has 3 atom stereocenters. The number of fused-ring (bicyclic) bond motifs is 2. The van der Waals surface area contributed by atoms with E-state index in [-0.39, 0.29) is 0 Å². The van der Waals surface area contributed by atoms with Crippen LogP contribution in [-0.2, 0) is 0 Å². The van der Waals surface area contributed by atoms with Gasteiger partial charge in [-0.3, -0.25) is 0 Å². The van der Waals surface area contributed by atoms with E-state index in [0.717, 1.165) is 30.1 Å². The first-order valence-electron chi connectivity index (χ1n) is 6.73. The number of hydrogen-bond acceptors (Lipinski definition) is 3. The van der Waals surface area contributed by atoms with Crippen LogP contribution >= 0.6 is 0 Å². The van der Waals surface area contributed by atoms with Crippen molar-refractivity contribution in [3.8, 4) is 0 Å². The van der Waals surface area contributed by atoms with Crippen LogP contribution in [0.5, 0.6) is 0 Å². The Morgan fingerprint density at radius 1 is 1.35 bits per heavy atom. The van der Waals surface area contributed by atoms with E-state index in [1.807, 2.05) is 19.3 Å². The number of aromatic nitrogens is 1. The molecule has 2 bridgehead atoms. The largest absolute Gasteiger partial charge is 0.385 e. The molecule has 1 heterocycles. The van der Waals surface area contributed by atoms with Crippen LogP contribution in [0, 0.1) is 17.8 Å². The van der Waals surface area contributed by atoms with Crippen molar-refractivity contribution in [2.24, 2.45) is 17.8 Å². The quantitative estimate of drug-likeness (QED) is 0.836. The summed E-state index contributed by atoms with van der Waals surface area (Å²) in [5.41, 5.74) is 1.19. The molecule has 0 spiro atoms. The van der Waals surface area contributed by atoms with Crippen LogP contribution in [0.2, 0.25) is 0 Å². The van der Waals surface area contributed by atoms with E-state index in [0.29, 0.717) is 0 Å². The van der Waals surface area contributed by atoms with E-state index >= 15 is 0 Å². The van der Waals surface area contributed by atoms with Crippen molar-refractivity contribution >= 4 is 11.5 Å². The summed E-state index contributed by atoms with van der Waals surface area (Å²) in [6.45, 7) is 1.13. The van der Waals surface area contributed by atoms with Gasteiger partial charge in [0.2, 0.25) is 0 Å². The SMILES string of the molecule is CNc1cc(NCC2CC3CCC2C3)ccn1. The van der Waals surface area contributed by atoms with Gasteiger partial charge in [0, 0.05) is 31.5 Å². The summed E-state index contributed by atoms with van der Waals surface area (Å²) >= 11 is 0. The maximum atomic E-state index is 4.22. The van der Waals surface area contributed by atoms with Gasteiger partial charge in [-0.05, 0) is 43.1 Å². The number of pyridine rings is 1. The Labute approximate surface area is 103 Å². The van der Waals surface area contributed by atoms with Crippen molar-refractivity contribution in [2.45, 2.75) is 25.7 Å². The summed E-state index contributed by atoms with van der Waals surface area (Å²) in [4.78, 5) is 4.22. The third-order valence-electron chi connectivity index (χ3n) is 4.47. The molecule has 92 valence electrons. The summed E-state index contributed by atoms with van der Waals surface area (Å²) in [5, 5.41) is 6.64. The van der Waals surface area contributed by atoms with Crippen molar-refractivity contribution in [3.63, 3.8) is 0 Å². The highest BCUT2D eigenvalue weighted by atomic mass is 15.0. The van der Waals surface area contributed by atoms with Crippen molar-refractivity contribution in [1.29, 1.82) is 0 Å². The van der Waals surface area contributed by atoms with Crippen molar-refractivity contribution in [2.75, 3.05) is 24.2 Å². The molecule has 1 aromatic heterocycles. The first-order chi connectivity index (χ1) is 8.35. The molecule has 0 saturated heterocycles. The van der Waals surface area contributed by atoms with E-state index in [4.69, 9.17) is 0 Å². The Balaban J connectivity index is 1.56. The molecule has 0 aliphatic heterocycles. The van der Waals surface area contributed by atoms with Gasteiger partial charge in [-0.2, -0.15) is 0 Å². The Bertz CT molecular complexity index is 391. The summed E-state index contributed by atoms with van der Waals surface area (Å²) in [7, 11) is 1.90. The van der Waals surface area contributed by atoms with Gasteiger partial charge in [0.1, 0.15) is 5.82 Å². The smallest absolute Gasteiger partial charge is 0.127 e. The molecule has 3 nitrogen and oxygen atoms in total. The Morgan fingerprint density at radius 3 is 3.00 bits per heavy atom. The Kier molecular flexibility index (Phi) is 2.91. The predicted molar refractivity (Wildman–Crippen MR) is 71.2 cm³/mol. The fraction of sp³-hybridized carbons (Fsp3) is 0.643. The van der Waals surface area contributed by atoms with E-state index in [9.17, 15) is 0 Å². The molecule has 2 saturated carbocycles. The zero-order chi connectivity index (χ0) is 11.7. The van der Waals surface area contributed by atoms with Crippen LogP contribution in [-0.4, -0.2) is 18.6 Å². The topological polar surface area (TPSA) is 37.0 Å². The molecule has 3 unspecified atom stereocenters. The van der Waals surface area contributed by atoms with Gasteiger partial charge in [-0.1, -0.05) is 6.42 Å². The molecule has 1 aromatic rings. The van der Waals surface area contributed by atoms with Crippen LogP contribution in [0.4, 0.5) is 11.5 Å². The van der Waals surface area contributed by atoms with E-state index in [1.54, 1.807) is 0 Å². The molecule has 2 aliphatic carbocycles. The molecule has 17 heavy (non-hydrogen) atoms. The minimum absolute atomic E-state index is 0.903. The summed E-state index contributed by atoms with van der Waals surface area (Å²) in [6.07, 6.45) is 7.75. The molecule has 2 N–H and O–H groups in total. The number of anilines is 2. The van der Waals surface area contributed by atoms with Gasteiger partial charge >= 0.3 is 0 Å². The molecule has 0 amide bonds. The lowest BCUT2D eigenvalue weighted by molar-refractivity contribution is 0.348. The zero-order valence-corrected chi connectivity index (χ0v) is 10.4. The van der Waals surface area contributed by atoms with Crippen molar-refractivity contribution in [1.82, 2.24) is 4.98 Å². The maximum Gasteiger partial charge on any atom is 0.127 e. The van der Waals surface area contributed by atoms with Crippen LogP contribution in [0.3, 0.4) is 0 Å². The Hall–Kier alpha value is -1.25. The monoisotopic (exact) mass is 231 g/mol. The molecule has 3 heteroatoms. The lowest BCUT2D eigenvalue weighted by atomic mass is 9.89. The summed E-state index contributed by atoms with van der Waals surface area (Å²) in [5.74, 6) is 3.87. The van der Waals surface area contributed by atoms with E-state index in [1.165, 1.54) is 31.4 Å². The number of nitrogens with zero attached hydrogens (tertiary/aromatic N) is 1. The van der Waals surface area contributed by atoms with Gasteiger partial charge in [0.25, 0.3) is 0 Å². The maximum absolute atomic E-state index is 4.22. The zero-order valence-electron chi connectivity index (χ0n) is 10.4. The minimum Gasteiger partial charge on any atom is -0.385 e. The van der Waals surface area contributed by atoms with Crippen LogP contribution in [0.25, 0.3) is 0 Å². The fourth-order valence-electron chi connectivity index (χ4n) is 3.55. The Morgan fingerprint density at radius 2 is 2.29 bits per heavy atom. The molecule has 2 aliphatic rings. The fourth-order valence-corrected chi connectivity index (χ4v) is 3.55. The normalized spacial score (nSPS) is 30.5. The second kappa shape index (κ2) is 4.55. The van der Waals surface area contributed by atoms with Crippen LogP contribution in [0.15, 0.2) is 18.3 Å². The van der Waals surface area contributed by atoms with Gasteiger partial charge in [-0.25, -0.2) is 4.98 Å². The average Bonchev–Trinajstić information content (AvgIpc) is 2.99. The predicted octanol–water partition coefficient (Wildman–Crippen LogP) is 2.97. The standard InChI is InChI=1S/C14H21N3/c1-15-14-8-13(4-5-16-14)17-9-12-7-10-2-3-11(12)6-10/h4-5,8,10-12H,2-3,6-7,9H2,1H3,(H2,15,16,17). The highest BCUT2D eigenvalue weighted by Gasteiger charge is 2.38. The molecule has 0 aromatic carbocycles. The first-order valence-corrected chi connectivity index (χ1v) is 6.73. The van der Waals surface area contributed by atoms with Crippen molar-refractivity contribution in [3.05, 3.63) is 18.3 Å². The number of nitrogens with one attached hydrogen (secondary N) is 2. The van der Waals surface area contributed by atoms with E-state index in [2.05, 4.69) is 21.7 Å². The molecular weight excluding hydrogens is 210 g/mol. The summed E-state index contributed by atoms with van der Waals surface area (Å²) in [6, 6.07) is 4.13.